The second kappa shape index (κ2) is 6.00. The summed E-state index contributed by atoms with van der Waals surface area (Å²) >= 11 is 0. The number of halogens is 2. The van der Waals surface area contributed by atoms with Gasteiger partial charge in [0.05, 0.1) is 23.1 Å². The Labute approximate surface area is 136 Å². The number of alkyl halides is 2. The molecule has 1 aromatic heterocycles. The lowest BCUT2D eigenvalue weighted by Crippen LogP contribution is -2.42. The quantitative estimate of drug-likeness (QED) is 0.503. The zero-order valence-electron chi connectivity index (χ0n) is 12.6. The molecule has 8 heteroatoms. The zero-order valence-corrected chi connectivity index (χ0v) is 12.6. The Bertz CT molecular complexity index is 848. The molecule has 1 heterocycles. The number of fused-ring (bicyclic) bond motifs is 1. The van der Waals surface area contributed by atoms with E-state index >= 15 is 0 Å². The molecule has 1 aliphatic carbocycles. The molecule has 2 aromatic rings. The van der Waals surface area contributed by atoms with Crippen LogP contribution in [0.15, 0.2) is 24.4 Å². The van der Waals surface area contributed by atoms with Crippen molar-refractivity contribution >= 4 is 28.0 Å². The number of nitrogens with one attached hydrogen (secondary N) is 1. The van der Waals surface area contributed by atoms with Gasteiger partial charge >= 0.3 is 5.69 Å². The molecular weight excluding hydrogens is 318 g/mol. The van der Waals surface area contributed by atoms with Crippen LogP contribution in [0, 0.1) is 16.7 Å². The Hall–Kier alpha value is -2.82. The van der Waals surface area contributed by atoms with E-state index in [0.29, 0.717) is 23.7 Å². The SMILES string of the molecule is [C-]#[N+]c1ccc2ncc([N+](=O)[O-])c(NC3CCCCC3(F)F)c2c1. The zero-order chi connectivity index (χ0) is 17.3. The van der Waals surface area contributed by atoms with Crippen LogP contribution in [0.4, 0.5) is 25.8 Å². The molecule has 24 heavy (non-hydrogen) atoms. The fraction of sp³-hybridized carbons (Fsp3) is 0.375. The van der Waals surface area contributed by atoms with Crippen molar-refractivity contribution in [3.05, 3.63) is 45.9 Å². The first kappa shape index (κ1) is 16.1. The first-order valence-electron chi connectivity index (χ1n) is 7.51. The van der Waals surface area contributed by atoms with Crippen LogP contribution < -0.4 is 5.32 Å². The third-order valence-electron chi connectivity index (χ3n) is 4.24. The van der Waals surface area contributed by atoms with E-state index in [0.717, 1.165) is 6.20 Å². The minimum atomic E-state index is -2.93. The van der Waals surface area contributed by atoms with Crippen molar-refractivity contribution in [3.63, 3.8) is 0 Å². The second-order valence-corrected chi connectivity index (χ2v) is 5.79. The number of anilines is 1. The molecule has 0 amide bonds. The van der Waals surface area contributed by atoms with Gasteiger partial charge in [-0.15, -0.1) is 0 Å². The summed E-state index contributed by atoms with van der Waals surface area (Å²) in [6, 6.07) is 3.35. The molecule has 0 saturated heterocycles. The Balaban J connectivity index is 2.14. The summed E-state index contributed by atoms with van der Waals surface area (Å²) in [5.74, 6) is -2.93. The smallest absolute Gasteiger partial charge is 0.311 e. The van der Waals surface area contributed by atoms with Crippen molar-refractivity contribution in [2.24, 2.45) is 0 Å². The summed E-state index contributed by atoms with van der Waals surface area (Å²) < 4.78 is 28.3. The fourth-order valence-corrected chi connectivity index (χ4v) is 2.98. The molecule has 0 aliphatic heterocycles. The predicted octanol–water partition coefficient (Wildman–Crippen LogP) is 4.68. The molecule has 0 radical (unpaired) electrons. The maximum absolute atomic E-state index is 14.1. The lowest BCUT2D eigenvalue weighted by atomic mass is 9.91. The molecule has 1 atom stereocenters. The molecule has 6 nitrogen and oxygen atoms in total. The highest BCUT2D eigenvalue weighted by Crippen LogP contribution is 2.40. The number of aromatic nitrogens is 1. The van der Waals surface area contributed by atoms with Crippen molar-refractivity contribution in [1.82, 2.24) is 4.98 Å². The molecule has 1 unspecified atom stereocenters. The maximum Gasteiger partial charge on any atom is 0.311 e. The minimum absolute atomic E-state index is 0.00192. The van der Waals surface area contributed by atoms with E-state index in [2.05, 4.69) is 15.1 Å². The van der Waals surface area contributed by atoms with Gasteiger partial charge in [-0.3, -0.25) is 10.1 Å². The van der Waals surface area contributed by atoms with Crippen LogP contribution in [-0.4, -0.2) is 21.9 Å². The normalized spacial score (nSPS) is 19.6. The maximum atomic E-state index is 14.1. The Kier molecular flexibility index (Phi) is 4.01. The van der Waals surface area contributed by atoms with Crippen LogP contribution in [0.3, 0.4) is 0 Å². The van der Waals surface area contributed by atoms with E-state index in [1.165, 1.54) is 12.1 Å². The number of rotatable bonds is 3. The Morgan fingerprint density at radius 1 is 1.42 bits per heavy atom. The topological polar surface area (TPSA) is 72.4 Å². The number of nitrogens with zero attached hydrogens (tertiary/aromatic N) is 3. The Morgan fingerprint density at radius 2 is 2.21 bits per heavy atom. The highest BCUT2D eigenvalue weighted by Gasteiger charge is 2.42. The highest BCUT2D eigenvalue weighted by molar-refractivity contribution is 5.97. The standard InChI is InChI=1S/C16H14F2N4O2/c1-19-10-5-6-12-11(8-10)15(13(9-20-12)22(23)24)21-14-4-2-3-7-16(14,17)18/h5-6,8-9,14H,2-4,7H2,(H,20,21). The lowest BCUT2D eigenvalue weighted by molar-refractivity contribution is -0.384. The predicted molar refractivity (Wildman–Crippen MR) is 85.5 cm³/mol. The number of pyridine rings is 1. The number of nitro groups is 1. The van der Waals surface area contributed by atoms with E-state index in [-0.39, 0.29) is 29.9 Å². The first-order chi connectivity index (χ1) is 11.4. The van der Waals surface area contributed by atoms with Crippen LogP contribution >= 0.6 is 0 Å². The summed E-state index contributed by atoms with van der Waals surface area (Å²) in [6.07, 6.45) is 2.12. The molecule has 1 N–H and O–H groups in total. The first-order valence-corrected chi connectivity index (χ1v) is 7.51. The van der Waals surface area contributed by atoms with Gasteiger partial charge in [-0.2, -0.15) is 0 Å². The van der Waals surface area contributed by atoms with Crippen molar-refractivity contribution in [3.8, 4) is 0 Å². The highest BCUT2D eigenvalue weighted by atomic mass is 19.3. The van der Waals surface area contributed by atoms with Crippen LogP contribution in [-0.2, 0) is 0 Å². The number of hydrogen-bond acceptors (Lipinski definition) is 4. The number of benzene rings is 1. The van der Waals surface area contributed by atoms with Gasteiger partial charge in [0.2, 0.25) is 0 Å². The molecule has 3 rings (SSSR count). The molecule has 0 spiro atoms. The third kappa shape index (κ3) is 2.85. The van der Waals surface area contributed by atoms with Gasteiger partial charge in [-0.05, 0) is 25.0 Å². The van der Waals surface area contributed by atoms with Gasteiger partial charge in [0.15, 0.2) is 5.69 Å². The van der Waals surface area contributed by atoms with E-state index < -0.39 is 16.9 Å². The second-order valence-electron chi connectivity index (χ2n) is 5.79. The van der Waals surface area contributed by atoms with E-state index in [1.54, 1.807) is 6.07 Å². The van der Waals surface area contributed by atoms with E-state index in [9.17, 15) is 18.9 Å². The largest absolute Gasteiger partial charge is 0.370 e. The molecule has 124 valence electrons. The minimum Gasteiger partial charge on any atom is -0.370 e. The summed E-state index contributed by atoms with van der Waals surface area (Å²) in [4.78, 5) is 17.9. The molecular formula is C16H14F2N4O2. The van der Waals surface area contributed by atoms with Crippen LogP contribution in [0.25, 0.3) is 15.7 Å². The van der Waals surface area contributed by atoms with Crippen LogP contribution in [0.1, 0.15) is 25.7 Å². The van der Waals surface area contributed by atoms with Crippen molar-refractivity contribution in [2.75, 3.05) is 5.32 Å². The van der Waals surface area contributed by atoms with Gasteiger partial charge < -0.3 is 5.32 Å². The van der Waals surface area contributed by atoms with Gasteiger partial charge in [0.25, 0.3) is 5.92 Å². The molecule has 1 aliphatic rings. The van der Waals surface area contributed by atoms with E-state index in [4.69, 9.17) is 6.57 Å². The van der Waals surface area contributed by atoms with Crippen molar-refractivity contribution in [2.45, 2.75) is 37.6 Å². The monoisotopic (exact) mass is 332 g/mol. The van der Waals surface area contributed by atoms with Crippen molar-refractivity contribution < 1.29 is 13.7 Å². The van der Waals surface area contributed by atoms with Gasteiger partial charge in [-0.25, -0.2) is 18.6 Å². The average molecular weight is 332 g/mol. The molecule has 0 bridgehead atoms. The van der Waals surface area contributed by atoms with Gasteiger partial charge in [-0.1, -0.05) is 12.5 Å². The third-order valence-corrected chi connectivity index (χ3v) is 4.24. The molecule has 1 aromatic carbocycles. The fourth-order valence-electron chi connectivity index (χ4n) is 2.98. The average Bonchev–Trinajstić information content (AvgIpc) is 2.56. The number of hydrogen-bond donors (Lipinski definition) is 1. The molecule has 1 saturated carbocycles. The van der Waals surface area contributed by atoms with Crippen LogP contribution in [0.2, 0.25) is 0 Å². The lowest BCUT2D eigenvalue weighted by Gasteiger charge is -2.32. The summed E-state index contributed by atoms with van der Waals surface area (Å²) in [5, 5.41) is 14.3. The Morgan fingerprint density at radius 3 is 2.88 bits per heavy atom. The van der Waals surface area contributed by atoms with Crippen molar-refractivity contribution in [1.29, 1.82) is 0 Å². The summed E-state index contributed by atoms with van der Waals surface area (Å²) in [7, 11) is 0. The molecule has 1 fully saturated rings. The van der Waals surface area contributed by atoms with Gasteiger partial charge in [0.1, 0.15) is 11.9 Å². The van der Waals surface area contributed by atoms with Gasteiger partial charge in [0, 0.05) is 11.8 Å². The van der Waals surface area contributed by atoms with Crippen LogP contribution in [0.5, 0.6) is 0 Å². The van der Waals surface area contributed by atoms with E-state index in [1.807, 2.05) is 0 Å². The summed E-state index contributed by atoms with van der Waals surface area (Å²) in [6.45, 7) is 7.07. The summed E-state index contributed by atoms with van der Waals surface area (Å²) in [5.41, 5.74) is 0.311.